The van der Waals surface area contributed by atoms with Gasteiger partial charge >= 0.3 is 0 Å². The Bertz CT molecular complexity index is 760. The highest BCUT2D eigenvalue weighted by Crippen LogP contribution is 2.15. The second kappa shape index (κ2) is 6.18. The highest BCUT2D eigenvalue weighted by Gasteiger charge is 2.21. The van der Waals surface area contributed by atoms with E-state index in [1.165, 1.54) is 0 Å². The monoisotopic (exact) mass is 284 g/mol. The molecule has 1 atom stereocenters. The first kappa shape index (κ1) is 14.7. The molecule has 1 heterocycles. The third kappa shape index (κ3) is 2.92. The van der Waals surface area contributed by atoms with E-state index in [-0.39, 0.29) is 23.1 Å². The molecule has 0 aliphatic carbocycles. The Kier molecular flexibility index (Phi) is 4.33. The maximum absolute atomic E-state index is 12.6. The fourth-order valence-electron chi connectivity index (χ4n) is 2.15. The minimum Gasteiger partial charge on any atom is -0.336 e. The van der Waals surface area contributed by atoms with Crippen LogP contribution in [0, 0.1) is 17.2 Å². The summed E-state index contributed by atoms with van der Waals surface area (Å²) < 4.78 is 0. The summed E-state index contributed by atoms with van der Waals surface area (Å²) in [6.45, 7) is 4.41. The number of carbonyl (C=O) groups excluding carboxylic acids is 1. The maximum Gasteiger partial charge on any atom is 0.274 e. The van der Waals surface area contributed by atoms with Gasteiger partial charge in [-0.2, -0.15) is 10.4 Å². The molecular formula is C15H16N4O2. The van der Waals surface area contributed by atoms with Crippen LogP contribution in [0.2, 0.25) is 0 Å². The fraction of sp³-hybridized carbons (Fsp3) is 0.333. The molecule has 1 amide bonds. The zero-order valence-corrected chi connectivity index (χ0v) is 12.0. The molecule has 21 heavy (non-hydrogen) atoms. The molecule has 0 fully saturated rings. The first-order valence-electron chi connectivity index (χ1n) is 6.74. The van der Waals surface area contributed by atoms with Gasteiger partial charge in [0.1, 0.15) is 0 Å². The first-order chi connectivity index (χ1) is 10.1. The largest absolute Gasteiger partial charge is 0.336 e. The number of fused-ring (bicyclic) bond motifs is 1. The second-order valence-corrected chi connectivity index (χ2v) is 4.82. The number of hydrogen-bond donors (Lipinski definition) is 1. The van der Waals surface area contributed by atoms with Crippen molar-refractivity contribution in [3.63, 3.8) is 0 Å². The standard InChI is InChI=1S/C15H16N4O2/c1-3-19(9-10(2)8-16)15(21)13-11-6-4-5-7-12(11)14(20)18-17-13/h4-7,10H,3,9H2,1-2H3,(H,18,20)/t10-/m0/s1. The molecule has 6 heteroatoms. The van der Waals surface area contributed by atoms with Crippen molar-refractivity contribution in [1.29, 1.82) is 5.26 Å². The molecule has 1 N–H and O–H groups in total. The quantitative estimate of drug-likeness (QED) is 0.922. The molecule has 0 aliphatic rings. The van der Waals surface area contributed by atoms with Gasteiger partial charge in [-0.15, -0.1) is 0 Å². The van der Waals surface area contributed by atoms with Gasteiger partial charge < -0.3 is 4.90 Å². The van der Waals surface area contributed by atoms with Crippen LogP contribution >= 0.6 is 0 Å². The van der Waals surface area contributed by atoms with Crippen LogP contribution in [0.5, 0.6) is 0 Å². The minimum atomic E-state index is -0.324. The third-order valence-electron chi connectivity index (χ3n) is 3.28. The molecule has 0 bridgehead atoms. The molecule has 2 rings (SSSR count). The highest BCUT2D eigenvalue weighted by atomic mass is 16.2. The Morgan fingerprint density at radius 3 is 2.71 bits per heavy atom. The lowest BCUT2D eigenvalue weighted by Crippen LogP contribution is -2.35. The number of carbonyl (C=O) groups is 1. The van der Waals surface area contributed by atoms with Crippen LogP contribution in [0.4, 0.5) is 0 Å². The molecule has 1 aromatic heterocycles. The van der Waals surface area contributed by atoms with E-state index in [2.05, 4.69) is 16.3 Å². The topological polar surface area (TPSA) is 89.8 Å². The summed E-state index contributed by atoms with van der Waals surface area (Å²) in [5.41, 5.74) is -0.118. The average molecular weight is 284 g/mol. The molecule has 2 aromatic rings. The van der Waals surface area contributed by atoms with Crippen molar-refractivity contribution in [2.75, 3.05) is 13.1 Å². The Morgan fingerprint density at radius 2 is 2.10 bits per heavy atom. The zero-order valence-electron chi connectivity index (χ0n) is 12.0. The van der Waals surface area contributed by atoms with Crippen molar-refractivity contribution >= 4 is 16.7 Å². The van der Waals surface area contributed by atoms with Crippen molar-refractivity contribution in [3.05, 3.63) is 40.3 Å². The van der Waals surface area contributed by atoms with Crippen LogP contribution in [0.1, 0.15) is 24.3 Å². The van der Waals surface area contributed by atoms with Crippen LogP contribution in [0.3, 0.4) is 0 Å². The molecule has 0 saturated heterocycles. The van der Waals surface area contributed by atoms with Gasteiger partial charge in [0, 0.05) is 18.5 Å². The average Bonchev–Trinajstić information content (AvgIpc) is 2.52. The SMILES string of the molecule is CCN(C[C@@H](C)C#N)C(=O)c1n[nH]c(=O)c2ccccc12. The number of nitrogens with one attached hydrogen (secondary N) is 1. The minimum absolute atomic E-state index is 0.206. The van der Waals surface area contributed by atoms with Gasteiger partial charge in [0.15, 0.2) is 5.69 Å². The number of H-pyrrole nitrogens is 1. The molecule has 0 unspecified atom stereocenters. The van der Waals surface area contributed by atoms with E-state index in [1.807, 2.05) is 6.92 Å². The number of aromatic amines is 1. The summed E-state index contributed by atoms with van der Waals surface area (Å²) >= 11 is 0. The van der Waals surface area contributed by atoms with E-state index in [4.69, 9.17) is 5.26 Å². The lowest BCUT2D eigenvalue weighted by molar-refractivity contribution is 0.0748. The van der Waals surface area contributed by atoms with Gasteiger partial charge in [0.25, 0.3) is 11.5 Å². The van der Waals surface area contributed by atoms with Crippen molar-refractivity contribution in [1.82, 2.24) is 15.1 Å². The molecule has 0 aliphatic heterocycles. The fourth-order valence-corrected chi connectivity index (χ4v) is 2.15. The molecule has 0 saturated carbocycles. The van der Waals surface area contributed by atoms with E-state index < -0.39 is 0 Å². The number of hydrogen-bond acceptors (Lipinski definition) is 4. The number of nitrogens with zero attached hydrogens (tertiary/aromatic N) is 3. The van der Waals surface area contributed by atoms with Gasteiger partial charge in [0.2, 0.25) is 0 Å². The molecule has 0 radical (unpaired) electrons. The van der Waals surface area contributed by atoms with Crippen LogP contribution in [-0.4, -0.2) is 34.1 Å². The van der Waals surface area contributed by atoms with Gasteiger partial charge in [-0.3, -0.25) is 9.59 Å². The van der Waals surface area contributed by atoms with Crippen molar-refractivity contribution in [2.45, 2.75) is 13.8 Å². The summed E-state index contributed by atoms with van der Waals surface area (Å²) in [4.78, 5) is 25.9. The number of benzene rings is 1. The van der Waals surface area contributed by atoms with Crippen molar-refractivity contribution in [3.8, 4) is 6.07 Å². The Labute approximate surface area is 122 Å². The summed E-state index contributed by atoms with van der Waals surface area (Å²) in [7, 11) is 0. The van der Waals surface area contributed by atoms with Gasteiger partial charge in [-0.05, 0) is 19.9 Å². The molecule has 6 nitrogen and oxygen atoms in total. The maximum atomic E-state index is 12.6. The number of amides is 1. The van der Waals surface area contributed by atoms with Gasteiger partial charge in [-0.25, -0.2) is 5.10 Å². The lowest BCUT2D eigenvalue weighted by Gasteiger charge is -2.21. The van der Waals surface area contributed by atoms with Gasteiger partial charge in [0.05, 0.1) is 17.4 Å². The highest BCUT2D eigenvalue weighted by molar-refractivity contribution is 6.04. The predicted octanol–water partition coefficient (Wildman–Crippen LogP) is 1.54. The van der Waals surface area contributed by atoms with Crippen molar-refractivity contribution in [2.24, 2.45) is 5.92 Å². The summed E-state index contributed by atoms with van der Waals surface area (Å²) in [5, 5.41) is 16.1. The predicted molar refractivity (Wildman–Crippen MR) is 78.7 cm³/mol. The third-order valence-corrected chi connectivity index (χ3v) is 3.28. The number of nitriles is 1. The molecule has 108 valence electrons. The van der Waals surface area contributed by atoms with Crippen LogP contribution in [0.15, 0.2) is 29.1 Å². The number of aromatic nitrogens is 2. The molecular weight excluding hydrogens is 268 g/mol. The van der Waals surface area contributed by atoms with Crippen LogP contribution in [-0.2, 0) is 0 Å². The second-order valence-electron chi connectivity index (χ2n) is 4.82. The van der Waals surface area contributed by atoms with Gasteiger partial charge in [-0.1, -0.05) is 18.2 Å². The van der Waals surface area contributed by atoms with E-state index >= 15 is 0 Å². The zero-order chi connectivity index (χ0) is 15.4. The summed E-state index contributed by atoms with van der Waals surface area (Å²) in [6.07, 6.45) is 0. The smallest absolute Gasteiger partial charge is 0.274 e. The lowest BCUT2D eigenvalue weighted by atomic mass is 10.1. The Balaban J connectivity index is 2.46. The van der Waals surface area contributed by atoms with E-state index in [0.717, 1.165) is 0 Å². The first-order valence-corrected chi connectivity index (χ1v) is 6.74. The normalized spacial score (nSPS) is 11.9. The molecule has 1 aromatic carbocycles. The van der Waals surface area contributed by atoms with Crippen LogP contribution in [0.25, 0.3) is 10.8 Å². The van der Waals surface area contributed by atoms with E-state index in [9.17, 15) is 9.59 Å². The van der Waals surface area contributed by atoms with Crippen molar-refractivity contribution < 1.29 is 4.79 Å². The van der Waals surface area contributed by atoms with Crippen LogP contribution < -0.4 is 5.56 Å². The summed E-state index contributed by atoms with van der Waals surface area (Å²) in [5.74, 6) is -0.546. The molecule has 0 spiro atoms. The number of rotatable bonds is 4. The Morgan fingerprint density at radius 1 is 1.43 bits per heavy atom. The Hall–Kier alpha value is -2.68. The van der Waals surface area contributed by atoms with E-state index in [1.54, 1.807) is 36.1 Å². The summed E-state index contributed by atoms with van der Waals surface area (Å²) in [6, 6.07) is 8.96. The van der Waals surface area contributed by atoms with E-state index in [0.29, 0.717) is 23.9 Å².